The maximum atomic E-state index is 4.71. The third-order valence-corrected chi connectivity index (χ3v) is 4.11. The molecule has 0 atom stereocenters. The van der Waals surface area contributed by atoms with Crippen molar-refractivity contribution >= 4 is 22.7 Å². The topological polar surface area (TPSA) is 12.9 Å². The number of fused-ring (bicyclic) bond motifs is 1. The minimum Gasteiger partial charge on any atom is -0.241 e. The predicted molar refractivity (Wildman–Crippen MR) is 82.5 cm³/mol. The number of rotatable bonds is 3. The molecule has 1 nitrogen and oxygen atoms in total. The van der Waals surface area contributed by atoms with Gasteiger partial charge in [-0.1, -0.05) is 48.5 Å². The third kappa shape index (κ3) is 2.79. The van der Waals surface area contributed by atoms with Crippen molar-refractivity contribution in [3.8, 4) is 0 Å². The van der Waals surface area contributed by atoms with Gasteiger partial charge in [0.25, 0.3) is 0 Å². The molecule has 0 saturated carbocycles. The summed E-state index contributed by atoms with van der Waals surface area (Å²) < 4.78 is 0. The van der Waals surface area contributed by atoms with E-state index >= 15 is 0 Å². The number of thioether (sulfide) groups is 1. The summed E-state index contributed by atoms with van der Waals surface area (Å²) in [5.74, 6) is 0.964. The van der Waals surface area contributed by atoms with Gasteiger partial charge in [0, 0.05) is 11.1 Å². The molecule has 0 aliphatic rings. The second kappa shape index (κ2) is 5.45. The summed E-state index contributed by atoms with van der Waals surface area (Å²) in [4.78, 5) is 4.71. The van der Waals surface area contributed by atoms with Crippen molar-refractivity contribution in [3.05, 3.63) is 71.8 Å². The van der Waals surface area contributed by atoms with E-state index in [0.29, 0.717) is 0 Å². The largest absolute Gasteiger partial charge is 0.241 e. The second-order valence-corrected chi connectivity index (χ2v) is 5.56. The van der Waals surface area contributed by atoms with Crippen molar-refractivity contribution in [1.82, 2.24) is 4.98 Å². The first kappa shape index (κ1) is 12.2. The molecule has 0 fully saturated rings. The lowest BCUT2D eigenvalue weighted by molar-refractivity contribution is 1.16. The minimum atomic E-state index is 0.964. The van der Waals surface area contributed by atoms with Crippen LogP contribution in [0.15, 0.2) is 65.7 Å². The third-order valence-electron chi connectivity index (χ3n) is 3.13. The van der Waals surface area contributed by atoms with Gasteiger partial charge >= 0.3 is 0 Å². The van der Waals surface area contributed by atoms with Gasteiger partial charge in [-0.15, -0.1) is 11.8 Å². The van der Waals surface area contributed by atoms with E-state index < -0.39 is 0 Å². The van der Waals surface area contributed by atoms with Gasteiger partial charge in [-0.2, -0.15) is 0 Å². The van der Waals surface area contributed by atoms with Crippen LogP contribution in [-0.2, 0) is 5.75 Å². The number of nitrogens with zero attached hydrogens (tertiary/aromatic N) is 1. The number of hydrogen-bond donors (Lipinski definition) is 0. The standard InChI is InChI=1S/C17H15NS/c1-13-11-17(18-16-10-6-5-9-15(13)16)19-12-14-7-3-2-4-8-14/h2-11H,12H2,1H3. The first-order chi connectivity index (χ1) is 9.33. The maximum Gasteiger partial charge on any atom is 0.0973 e. The van der Waals surface area contributed by atoms with E-state index in [9.17, 15) is 0 Å². The van der Waals surface area contributed by atoms with E-state index in [-0.39, 0.29) is 0 Å². The van der Waals surface area contributed by atoms with Crippen LogP contribution in [0.4, 0.5) is 0 Å². The van der Waals surface area contributed by atoms with Gasteiger partial charge < -0.3 is 0 Å². The van der Waals surface area contributed by atoms with Crippen LogP contribution in [0.1, 0.15) is 11.1 Å². The predicted octanol–water partition coefficient (Wildman–Crippen LogP) is 4.84. The van der Waals surface area contributed by atoms with Gasteiger partial charge in [0.05, 0.1) is 10.5 Å². The molecule has 1 heterocycles. The van der Waals surface area contributed by atoms with Gasteiger partial charge in [0.15, 0.2) is 0 Å². The lowest BCUT2D eigenvalue weighted by Crippen LogP contribution is -1.87. The quantitative estimate of drug-likeness (QED) is 0.629. The molecule has 0 amide bonds. The van der Waals surface area contributed by atoms with Crippen molar-refractivity contribution in [3.63, 3.8) is 0 Å². The van der Waals surface area contributed by atoms with Gasteiger partial charge in [-0.05, 0) is 30.2 Å². The van der Waals surface area contributed by atoms with Crippen molar-refractivity contribution in [2.75, 3.05) is 0 Å². The SMILES string of the molecule is Cc1cc(SCc2ccccc2)nc2ccccc12. The molecule has 3 rings (SSSR count). The Morgan fingerprint density at radius 2 is 1.68 bits per heavy atom. The Kier molecular flexibility index (Phi) is 3.51. The maximum absolute atomic E-state index is 4.71. The number of benzene rings is 2. The average Bonchev–Trinajstić information content (AvgIpc) is 2.46. The summed E-state index contributed by atoms with van der Waals surface area (Å²) in [6.07, 6.45) is 0. The first-order valence-electron chi connectivity index (χ1n) is 6.36. The summed E-state index contributed by atoms with van der Waals surface area (Å²) in [6, 6.07) is 21.0. The zero-order valence-electron chi connectivity index (χ0n) is 10.8. The number of hydrogen-bond acceptors (Lipinski definition) is 2. The van der Waals surface area contributed by atoms with Crippen molar-refractivity contribution in [2.45, 2.75) is 17.7 Å². The van der Waals surface area contributed by atoms with Crippen molar-refractivity contribution in [1.29, 1.82) is 0 Å². The average molecular weight is 265 g/mol. The van der Waals surface area contributed by atoms with Crippen LogP contribution in [0.5, 0.6) is 0 Å². The number of para-hydroxylation sites is 1. The molecule has 0 bridgehead atoms. The summed E-state index contributed by atoms with van der Waals surface area (Å²) in [5.41, 5.74) is 3.71. The molecule has 2 heteroatoms. The van der Waals surface area contributed by atoms with Crippen LogP contribution < -0.4 is 0 Å². The molecule has 1 aromatic heterocycles. The number of aromatic nitrogens is 1. The zero-order chi connectivity index (χ0) is 13.1. The molecule has 0 saturated heterocycles. The summed E-state index contributed by atoms with van der Waals surface area (Å²) >= 11 is 1.79. The molecule has 2 aromatic carbocycles. The Labute approximate surface area is 117 Å². The Morgan fingerprint density at radius 1 is 0.947 bits per heavy atom. The van der Waals surface area contributed by atoms with E-state index in [0.717, 1.165) is 16.3 Å². The highest BCUT2D eigenvalue weighted by Crippen LogP contribution is 2.25. The van der Waals surface area contributed by atoms with Gasteiger partial charge in [-0.25, -0.2) is 4.98 Å². The second-order valence-electron chi connectivity index (χ2n) is 4.57. The van der Waals surface area contributed by atoms with Crippen molar-refractivity contribution < 1.29 is 0 Å². The highest BCUT2D eigenvalue weighted by Gasteiger charge is 2.03. The minimum absolute atomic E-state index is 0.964. The van der Waals surface area contributed by atoms with Gasteiger partial charge in [-0.3, -0.25) is 0 Å². The lowest BCUT2D eigenvalue weighted by Gasteiger charge is -2.06. The first-order valence-corrected chi connectivity index (χ1v) is 7.34. The molecular formula is C17H15NS. The molecule has 0 radical (unpaired) electrons. The zero-order valence-corrected chi connectivity index (χ0v) is 11.7. The van der Waals surface area contributed by atoms with E-state index in [1.54, 1.807) is 11.8 Å². The van der Waals surface area contributed by atoms with Crippen LogP contribution in [0, 0.1) is 6.92 Å². The highest BCUT2D eigenvalue weighted by atomic mass is 32.2. The molecule has 0 aliphatic carbocycles. The van der Waals surface area contributed by atoms with Crippen LogP contribution in [0.2, 0.25) is 0 Å². The van der Waals surface area contributed by atoms with Crippen LogP contribution >= 0.6 is 11.8 Å². The number of pyridine rings is 1. The van der Waals surface area contributed by atoms with Crippen LogP contribution in [0.3, 0.4) is 0 Å². The summed E-state index contributed by atoms with van der Waals surface area (Å²) in [5, 5.41) is 2.34. The Morgan fingerprint density at radius 3 is 2.53 bits per heavy atom. The van der Waals surface area contributed by atoms with Crippen molar-refractivity contribution in [2.24, 2.45) is 0 Å². The van der Waals surface area contributed by atoms with E-state index in [1.807, 2.05) is 12.1 Å². The smallest absolute Gasteiger partial charge is 0.0973 e. The van der Waals surface area contributed by atoms with E-state index in [4.69, 9.17) is 4.98 Å². The van der Waals surface area contributed by atoms with Crippen LogP contribution in [0.25, 0.3) is 10.9 Å². The molecule has 0 unspecified atom stereocenters. The van der Waals surface area contributed by atoms with Gasteiger partial charge in [0.1, 0.15) is 0 Å². The lowest BCUT2D eigenvalue weighted by atomic mass is 10.1. The van der Waals surface area contributed by atoms with Gasteiger partial charge in [0.2, 0.25) is 0 Å². The molecule has 0 N–H and O–H groups in total. The monoisotopic (exact) mass is 265 g/mol. The van der Waals surface area contributed by atoms with E-state index in [1.165, 1.54) is 16.5 Å². The normalized spacial score (nSPS) is 10.8. The summed E-state index contributed by atoms with van der Waals surface area (Å²) in [6.45, 7) is 2.15. The Balaban J connectivity index is 1.85. The molecule has 0 aliphatic heterocycles. The molecule has 0 spiro atoms. The Bertz CT molecular complexity index is 692. The molecule has 19 heavy (non-hydrogen) atoms. The molecule has 94 valence electrons. The van der Waals surface area contributed by atoms with E-state index in [2.05, 4.69) is 55.5 Å². The summed E-state index contributed by atoms with van der Waals surface area (Å²) in [7, 11) is 0. The number of aryl methyl sites for hydroxylation is 1. The molecule has 3 aromatic rings. The highest BCUT2D eigenvalue weighted by molar-refractivity contribution is 7.98. The van der Waals surface area contributed by atoms with Crippen LogP contribution in [-0.4, -0.2) is 4.98 Å². The fraction of sp³-hybridized carbons (Fsp3) is 0.118. The fourth-order valence-electron chi connectivity index (χ4n) is 2.12. The fourth-order valence-corrected chi connectivity index (χ4v) is 3.05. The molecular weight excluding hydrogens is 250 g/mol. The Hall–Kier alpha value is -1.80.